The molecule has 1 aromatic heterocycles. The molecular weight excluding hydrogens is 383 g/mol. The Morgan fingerprint density at radius 3 is 2.72 bits per heavy atom. The lowest BCUT2D eigenvalue weighted by Gasteiger charge is -2.14. The molecule has 0 aliphatic carbocycles. The topological polar surface area (TPSA) is 65.2 Å². The maximum atomic E-state index is 11.6. The van der Waals surface area contributed by atoms with Crippen molar-refractivity contribution in [2.75, 3.05) is 12.4 Å². The van der Waals surface area contributed by atoms with Crippen molar-refractivity contribution >= 4 is 40.9 Å². The predicted molar refractivity (Wildman–Crippen MR) is 98.7 cm³/mol. The first-order valence-corrected chi connectivity index (χ1v) is 9.06. The number of benzene rings is 1. The Bertz CT molecular complexity index is 819. The van der Waals surface area contributed by atoms with Crippen LogP contribution in [0.4, 0.5) is 0 Å². The monoisotopic (exact) mass is 398 g/mol. The third-order valence-corrected chi connectivity index (χ3v) is 4.10. The Morgan fingerprint density at radius 1 is 1.28 bits per heavy atom. The van der Waals surface area contributed by atoms with Crippen molar-refractivity contribution in [2.24, 2.45) is 5.41 Å². The zero-order valence-electron chi connectivity index (χ0n) is 13.9. The van der Waals surface area contributed by atoms with Gasteiger partial charge in [-0.25, -0.2) is 0 Å². The SMILES string of the molecule is CC(C)(C)C(=O)OCC#CCSc1nnc(-c2ccc(Cl)cc2Cl)o1. The summed E-state index contributed by atoms with van der Waals surface area (Å²) in [6.45, 7) is 5.43. The standard InChI is InChI=1S/C17H16Cl2N2O3S/c1-17(2,3)15(22)23-8-4-5-9-25-16-21-20-14(24-16)12-7-6-11(18)10-13(12)19/h6-7,10H,8-9H2,1-3H3. The van der Waals surface area contributed by atoms with Crippen molar-refractivity contribution in [3.8, 4) is 23.3 Å². The maximum absolute atomic E-state index is 11.6. The summed E-state index contributed by atoms with van der Waals surface area (Å²) in [7, 11) is 0. The summed E-state index contributed by atoms with van der Waals surface area (Å²) in [5.41, 5.74) is 0.0880. The molecule has 0 spiro atoms. The molecule has 0 saturated carbocycles. The highest BCUT2D eigenvalue weighted by Gasteiger charge is 2.22. The second kappa shape index (κ2) is 8.61. The summed E-state index contributed by atoms with van der Waals surface area (Å²) in [4.78, 5) is 11.6. The number of halogens is 2. The van der Waals surface area contributed by atoms with Crippen molar-refractivity contribution in [1.29, 1.82) is 0 Å². The summed E-state index contributed by atoms with van der Waals surface area (Å²) < 4.78 is 10.6. The van der Waals surface area contributed by atoms with Crippen molar-refractivity contribution in [1.82, 2.24) is 10.2 Å². The van der Waals surface area contributed by atoms with E-state index in [9.17, 15) is 4.79 Å². The molecular formula is C17H16Cl2N2O3S. The number of aromatic nitrogens is 2. The fourth-order valence-corrected chi connectivity index (χ4v) is 2.58. The number of hydrogen-bond acceptors (Lipinski definition) is 6. The van der Waals surface area contributed by atoms with Crippen LogP contribution < -0.4 is 0 Å². The van der Waals surface area contributed by atoms with E-state index >= 15 is 0 Å². The van der Waals surface area contributed by atoms with Gasteiger partial charge in [0, 0.05) is 5.02 Å². The van der Waals surface area contributed by atoms with Crippen LogP contribution in [0.15, 0.2) is 27.8 Å². The molecule has 8 heteroatoms. The van der Waals surface area contributed by atoms with Gasteiger partial charge >= 0.3 is 5.97 Å². The highest BCUT2D eigenvalue weighted by atomic mass is 35.5. The summed E-state index contributed by atoms with van der Waals surface area (Å²) in [5, 5.41) is 9.24. The van der Waals surface area contributed by atoms with Gasteiger partial charge in [-0.3, -0.25) is 4.79 Å². The molecule has 0 saturated heterocycles. The fourth-order valence-electron chi connectivity index (χ4n) is 1.56. The van der Waals surface area contributed by atoms with Gasteiger partial charge in [0.1, 0.15) is 0 Å². The van der Waals surface area contributed by atoms with E-state index in [0.717, 1.165) is 0 Å². The molecule has 0 bridgehead atoms. The van der Waals surface area contributed by atoms with Crippen molar-refractivity contribution in [2.45, 2.75) is 26.0 Å². The van der Waals surface area contributed by atoms with Gasteiger partial charge in [-0.15, -0.1) is 10.2 Å². The zero-order valence-corrected chi connectivity index (χ0v) is 16.3. The van der Waals surface area contributed by atoms with Crippen LogP contribution in [-0.2, 0) is 9.53 Å². The number of thioether (sulfide) groups is 1. The second-order valence-electron chi connectivity index (χ2n) is 5.97. The molecule has 0 unspecified atom stereocenters. The number of carbonyl (C=O) groups excluding carboxylic acids is 1. The van der Waals surface area contributed by atoms with E-state index in [1.54, 1.807) is 39.0 Å². The van der Waals surface area contributed by atoms with Crippen LogP contribution in [0, 0.1) is 17.3 Å². The van der Waals surface area contributed by atoms with E-state index < -0.39 is 5.41 Å². The average molecular weight is 399 g/mol. The van der Waals surface area contributed by atoms with Gasteiger partial charge in [-0.2, -0.15) is 0 Å². The van der Waals surface area contributed by atoms with Gasteiger partial charge in [0.05, 0.1) is 21.8 Å². The molecule has 1 heterocycles. The summed E-state index contributed by atoms with van der Waals surface area (Å²) in [6, 6.07) is 5.03. The molecule has 25 heavy (non-hydrogen) atoms. The van der Waals surface area contributed by atoms with Crippen LogP contribution in [0.3, 0.4) is 0 Å². The Labute approximate surface area is 160 Å². The molecule has 0 N–H and O–H groups in total. The first kappa shape index (κ1) is 19.6. The molecule has 1 aromatic carbocycles. The minimum atomic E-state index is -0.528. The van der Waals surface area contributed by atoms with Gasteiger partial charge in [-0.05, 0) is 39.0 Å². The van der Waals surface area contributed by atoms with E-state index in [4.69, 9.17) is 32.4 Å². The summed E-state index contributed by atoms with van der Waals surface area (Å²) in [5.74, 6) is 6.11. The largest absolute Gasteiger partial charge is 0.452 e. The van der Waals surface area contributed by atoms with Crippen LogP contribution in [0.2, 0.25) is 10.0 Å². The fraction of sp³-hybridized carbons (Fsp3) is 0.353. The summed E-state index contributed by atoms with van der Waals surface area (Å²) >= 11 is 13.3. The molecule has 2 aromatic rings. The lowest BCUT2D eigenvalue weighted by atomic mass is 9.97. The number of hydrogen-bond donors (Lipinski definition) is 0. The van der Waals surface area contributed by atoms with Crippen molar-refractivity contribution in [3.05, 3.63) is 28.2 Å². The van der Waals surface area contributed by atoms with E-state index in [1.165, 1.54) is 11.8 Å². The smallest absolute Gasteiger partial charge is 0.312 e. The van der Waals surface area contributed by atoms with Gasteiger partial charge in [0.15, 0.2) is 6.61 Å². The molecule has 5 nitrogen and oxygen atoms in total. The van der Waals surface area contributed by atoms with Crippen molar-refractivity contribution < 1.29 is 13.9 Å². The van der Waals surface area contributed by atoms with E-state index in [1.807, 2.05) is 0 Å². The van der Waals surface area contributed by atoms with Crippen LogP contribution in [0.1, 0.15) is 20.8 Å². The first-order chi connectivity index (χ1) is 11.8. The van der Waals surface area contributed by atoms with Gasteiger partial charge < -0.3 is 9.15 Å². The Hall–Kier alpha value is -1.68. The van der Waals surface area contributed by atoms with Crippen LogP contribution in [0.5, 0.6) is 0 Å². The van der Waals surface area contributed by atoms with Crippen LogP contribution in [0.25, 0.3) is 11.5 Å². The maximum Gasteiger partial charge on any atom is 0.312 e. The average Bonchev–Trinajstić information content (AvgIpc) is 2.98. The first-order valence-electron chi connectivity index (χ1n) is 7.32. The molecule has 0 aliphatic rings. The van der Waals surface area contributed by atoms with Gasteiger partial charge in [-0.1, -0.05) is 46.8 Å². The third-order valence-electron chi connectivity index (χ3n) is 2.85. The van der Waals surface area contributed by atoms with Gasteiger partial charge in [0.2, 0.25) is 5.89 Å². The summed E-state index contributed by atoms with van der Waals surface area (Å²) in [6.07, 6.45) is 0. The second-order valence-corrected chi connectivity index (χ2v) is 7.74. The Balaban J connectivity index is 1.85. The predicted octanol–water partition coefficient (Wildman–Crippen LogP) is 4.73. The molecule has 0 amide bonds. The highest BCUT2D eigenvalue weighted by molar-refractivity contribution is 7.99. The lowest BCUT2D eigenvalue weighted by molar-refractivity contribution is -0.151. The number of carbonyl (C=O) groups is 1. The highest BCUT2D eigenvalue weighted by Crippen LogP contribution is 2.30. The van der Waals surface area contributed by atoms with Crippen LogP contribution in [-0.4, -0.2) is 28.5 Å². The van der Waals surface area contributed by atoms with E-state index in [2.05, 4.69) is 22.0 Å². The number of nitrogens with zero attached hydrogens (tertiary/aromatic N) is 2. The van der Waals surface area contributed by atoms with Crippen molar-refractivity contribution in [3.63, 3.8) is 0 Å². The zero-order chi connectivity index (χ0) is 18.4. The Kier molecular flexibility index (Phi) is 6.77. The third kappa shape index (κ3) is 5.96. The molecule has 0 fully saturated rings. The lowest BCUT2D eigenvalue weighted by Crippen LogP contribution is -2.22. The molecule has 132 valence electrons. The minimum Gasteiger partial charge on any atom is -0.452 e. The molecule has 2 rings (SSSR count). The quantitative estimate of drug-likeness (QED) is 0.421. The number of rotatable bonds is 4. The Morgan fingerprint density at radius 2 is 2.04 bits per heavy atom. The van der Waals surface area contributed by atoms with E-state index in [-0.39, 0.29) is 12.6 Å². The number of ether oxygens (including phenoxy) is 1. The van der Waals surface area contributed by atoms with Gasteiger partial charge in [0.25, 0.3) is 5.22 Å². The molecule has 0 radical (unpaired) electrons. The normalized spacial score (nSPS) is 10.9. The molecule has 0 aliphatic heterocycles. The number of esters is 1. The van der Waals surface area contributed by atoms with E-state index in [0.29, 0.717) is 32.5 Å². The van der Waals surface area contributed by atoms with Crippen LogP contribution >= 0.6 is 35.0 Å². The minimum absolute atomic E-state index is 0.0616. The molecule has 0 atom stereocenters.